The highest BCUT2D eigenvalue weighted by molar-refractivity contribution is 6.20. The Kier molecular flexibility index (Phi) is 6.40. The van der Waals surface area contributed by atoms with Gasteiger partial charge >= 0.3 is 0 Å². The number of hydrogen-bond donors (Lipinski definition) is 1. The van der Waals surface area contributed by atoms with Crippen LogP contribution in [-0.4, -0.2) is 15.0 Å². The van der Waals surface area contributed by atoms with Crippen molar-refractivity contribution in [2.24, 2.45) is 0 Å². The van der Waals surface area contributed by atoms with Crippen LogP contribution < -0.4 is 5.73 Å². The van der Waals surface area contributed by atoms with Crippen molar-refractivity contribution in [2.45, 2.75) is 6.92 Å². The molecule has 0 aliphatic carbocycles. The number of fused-ring (bicyclic) bond motifs is 6. The number of allylic oxidation sites excluding steroid dienone is 1. The van der Waals surface area contributed by atoms with Crippen molar-refractivity contribution >= 4 is 55.1 Å². The quantitative estimate of drug-likeness (QED) is 0.206. The maximum Gasteiger partial charge on any atom is 0.199 e. The number of anilines is 1. The van der Waals surface area contributed by atoms with Crippen LogP contribution >= 0.6 is 0 Å². The number of aromatic nitrogens is 3. The molecule has 2 N–H and O–H groups in total. The third kappa shape index (κ3) is 4.46. The Morgan fingerprint density at radius 1 is 0.583 bits per heavy atom. The lowest BCUT2D eigenvalue weighted by Gasteiger charge is -2.11. The highest BCUT2D eigenvalue weighted by atomic mass is 16.3. The van der Waals surface area contributed by atoms with E-state index in [0.717, 1.165) is 60.7 Å². The van der Waals surface area contributed by atoms with Crippen LogP contribution in [0.3, 0.4) is 0 Å². The van der Waals surface area contributed by atoms with Gasteiger partial charge in [0.15, 0.2) is 23.4 Å². The lowest BCUT2D eigenvalue weighted by molar-refractivity contribution is 0.636. The van der Waals surface area contributed by atoms with E-state index in [1.807, 2.05) is 79.7 Å². The van der Waals surface area contributed by atoms with Crippen molar-refractivity contribution in [3.63, 3.8) is 0 Å². The van der Waals surface area contributed by atoms with E-state index in [-0.39, 0.29) is 0 Å². The van der Waals surface area contributed by atoms with Gasteiger partial charge in [-0.2, -0.15) is 0 Å². The molecule has 48 heavy (non-hydrogen) atoms. The van der Waals surface area contributed by atoms with Crippen molar-refractivity contribution in [1.82, 2.24) is 15.0 Å². The molecule has 0 fully saturated rings. The lowest BCUT2D eigenvalue weighted by atomic mass is 9.97. The van der Waals surface area contributed by atoms with Gasteiger partial charge in [0.2, 0.25) is 0 Å². The molecule has 0 aliphatic heterocycles. The van der Waals surface area contributed by atoms with Gasteiger partial charge in [-0.15, -0.1) is 0 Å². The summed E-state index contributed by atoms with van der Waals surface area (Å²) in [7, 11) is 0. The number of nitrogens with zero attached hydrogens (tertiary/aromatic N) is 3. The van der Waals surface area contributed by atoms with Gasteiger partial charge in [-0.25, -0.2) is 15.0 Å². The SMILES string of the molecule is C/C=C(/c1nc(-c2ccccc2)nc(-c2ccccc2)n1)c1c(N)oc2cc(-c3cccc4c3oc3ccc5ccccc5c34)ccc12. The number of para-hydroxylation sites is 1. The Bertz CT molecular complexity index is 2630. The molecule has 9 rings (SSSR count). The van der Waals surface area contributed by atoms with Crippen molar-refractivity contribution in [3.05, 3.63) is 151 Å². The van der Waals surface area contributed by atoms with Gasteiger partial charge < -0.3 is 14.6 Å². The van der Waals surface area contributed by atoms with Gasteiger partial charge in [0, 0.05) is 38.4 Å². The average molecular weight is 621 g/mol. The highest BCUT2D eigenvalue weighted by Crippen LogP contribution is 2.42. The molecule has 3 aromatic heterocycles. The van der Waals surface area contributed by atoms with Crippen LogP contribution in [0.5, 0.6) is 0 Å². The molecule has 228 valence electrons. The summed E-state index contributed by atoms with van der Waals surface area (Å²) in [5.74, 6) is 1.98. The van der Waals surface area contributed by atoms with Crippen molar-refractivity contribution in [2.75, 3.05) is 5.73 Å². The number of benzene rings is 6. The number of nitrogen functional groups attached to an aromatic ring is 1. The smallest absolute Gasteiger partial charge is 0.199 e. The van der Waals surface area contributed by atoms with E-state index in [2.05, 4.69) is 66.7 Å². The van der Waals surface area contributed by atoms with Crippen LogP contribution in [0.25, 0.3) is 83.2 Å². The standard InChI is InChI=1S/C42H28N4O2/c1-2-29(42-45-40(26-13-5-3-6-14-26)44-41(46-42)27-15-7-4-8-16-27)37-32-22-20-28(24-35(32)48-39(37)43)31-18-11-19-33-36-30-17-10-9-12-25(30)21-23-34(36)47-38(31)33/h2-24H,43H2,1H3/b29-2+. The summed E-state index contributed by atoms with van der Waals surface area (Å²) < 4.78 is 12.8. The molecule has 6 nitrogen and oxygen atoms in total. The Labute approximate surface area is 275 Å². The summed E-state index contributed by atoms with van der Waals surface area (Å²) in [5.41, 5.74) is 14.3. The summed E-state index contributed by atoms with van der Waals surface area (Å²) >= 11 is 0. The fraction of sp³-hybridized carbons (Fsp3) is 0.0238. The average Bonchev–Trinajstić information content (AvgIpc) is 3.69. The predicted molar refractivity (Wildman–Crippen MR) is 194 cm³/mol. The molecule has 0 aliphatic rings. The number of rotatable bonds is 5. The predicted octanol–water partition coefficient (Wildman–Crippen LogP) is 10.7. The minimum Gasteiger partial charge on any atom is -0.455 e. The van der Waals surface area contributed by atoms with Crippen molar-refractivity contribution in [3.8, 4) is 33.9 Å². The first-order valence-corrected chi connectivity index (χ1v) is 15.9. The second-order valence-electron chi connectivity index (χ2n) is 11.7. The fourth-order valence-corrected chi connectivity index (χ4v) is 6.67. The largest absolute Gasteiger partial charge is 0.455 e. The third-order valence-corrected chi connectivity index (χ3v) is 8.91. The minimum absolute atomic E-state index is 0.298. The minimum atomic E-state index is 0.298. The zero-order chi connectivity index (χ0) is 32.2. The molecule has 0 spiro atoms. The second-order valence-corrected chi connectivity index (χ2v) is 11.7. The molecule has 3 heterocycles. The Hall–Kier alpha value is -6.53. The van der Waals surface area contributed by atoms with Crippen LogP contribution in [0.1, 0.15) is 18.3 Å². The van der Waals surface area contributed by atoms with Gasteiger partial charge in [-0.05, 0) is 41.5 Å². The first-order valence-electron chi connectivity index (χ1n) is 15.9. The summed E-state index contributed by atoms with van der Waals surface area (Å²) in [5, 5.41) is 5.43. The molecule has 9 aromatic rings. The molecule has 0 saturated carbocycles. The first-order chi connectivity index (χ1) is 23.7. The maximum atomic E-state index is 6.65. The summed E-state index contributed by atoms with van der Waals surface area (Å²) in [4.78, 5) is 14.7. The summed E-state index contributed by atoms with van der Waals surface area (Å²) in [6.45, 7) is 1.96. The van der Waals surface area contributed by atoms with Gasteiger partial charge in [0.25, 0.3) is 0 Å². The van der Waals surface area contributed by atoms with E-state index in [1.165, 1.54) is 10.8 Å². The molecule has 6 heteroatoms. The van der Waals surface area contributed by atoms with Gasteiger partial charge in [0.05, 0.1) is 5.56 Å². The van der Waals surface area contributed by atoms with E-state index in [9.17, 15) is 0 Å². The van der Waals surface area contributed by atoms with E-state index in [4.69, 9.17) is 29.5 Å². The topological polar surface area (TPSA) is 91.0 Å². The van der Waals surface area contributed by atoms with Crippen molar-refractivity contribution < 1.29 is 8.83 Å². The number of furan rings is 2. The molecule has 0 radical (unpaired) electrons. The van der Waals surface area contributed by atoms with E-state index in [0.29, 0.717) is 28.9 Å². The van der Waals surface area contributed by atoms with E-state index < -0.39 is 0 Å². The first kappa shape index (κ1) is 27.8. The summed E-state index contributed by atoms with van der Waals surface area (Å²) in [6, 6.07) is 44.9. The van der Waals surface area contributed by atoms with Crippen LogP contribution in [-0.2, 0) is 0 Å². The summed E-state index contributed by atoms with van der Waals surface area (Å²) in [6.07, 6.45) is 1.98. The van der Waals surface area contributed by atoms with Gasteiger partial charge in [-0.1, -0.05) is 121 Å². The molecule has 0 unspecified atom stereocenters. The van der Waals surface area contributed by atoms with E-state index in [1.54, 1.807) is 0 Å². The Morgan fingerprint density at radius 3 is 2.00 bits per heavy atom. The molecular formula is C42H28N4O2. The van der Waals surface area contributed by atoms with Crippen LogP contribution in [0.15, 0.2) is 148 Å². The second kappa shape index (κ2) is 11.1. The van der Waals surface area contributed by atoms with E-state index >= 15 is 0 Å². The lowest BCUT2D eigenvalue weighted by Crippen LogP contribution is -2.04. The molecule has 0 bridgehead atoms. The van der Waals surface area contributed by atoms with Crippen LogP contribution in [0.2, 0.25) is 0 Å². The van der Waals surface area contributed by atoms with Crippen LogP contribution in [0.4, 0.5) is 5.88 Å². The molecule has 0 saturated heterocycles. The van der Waals surface area contributed by atoms with Crippen LogP contribution in [0, 0.1) is 0 Å². The monoisotopic (exact) mass is 620 g/mol. The normalized spacial score (nSPS) is 12.1. The highest BCUT2D eigenvalue weighted by Gasteiger charge is 2.22. The molecule has 0 atom stereocenters. The number of hydrogen-bond acceptors (Lipinski definition) is 6. The van der Waals surface area contributed by atoms with Crippen molar-refractivity contribution in [1.29, 1.82) is 0 Å². The fourth-order valence-electron chi connectivity index (χ4n) is 6.67. The zero-order valence-electron chi connectivity index (χ0n) is 26.0. The zero-order valence-corrected chi connectivity index (χ0v) is 26.0. The Balaban J connectivity index is 1.18. The molecule has 6 aromatic carbocycles. The van der Waals surface area contributed by atoms with Gasteiger partial charge in [-0.3, -0.25) is 0 Å². The third-order valence-electron chi connectivity index (χ3n) is 8.91. The maximum absolute atomic E-state index is 6.65. The Morgan fingerprint density at radius 2 is 1.27 bits per heavy atom. The van der Waals surface area contributed by atoms with Gasteiger partial charge in [0.1, 0.15) is 16.7 Å². The molecule has 0 amide bonds. The number of nitrogens with two attached hydrogens (primary N) is 1. The molecular weight excluding hydrogens is 592 g/mol.